The van der Waals surface area contributed by atoms with Gasteiger partial charge in [0.05, 0.1) is 10.8 Å². The number of nitrogens with one attached hydrogen (secondary N) is 1. The van der Waals surface area contributed by atoms with Gasteiger partial charge in [0.1, 0.15) is 0 Å². The zero-order chi connectivity index (χ0) is 18.1. The first-order valence-electron chi connectivity index (χ1n) is 9.29. The monoisotopic (exact) mass is 492 g/mol. The summed E-state index contributed by atoms with van der Waals surface area (Å²) in [6.45, 7) is 10.6. The van der Waals surface area contributed by atoms with Crippen molar-refractivity contribution in [2.75, 3.05) is 52.1 Å². The highest BCUT2D eigenvalue weighted by atomic mass is 127. The number of guanidine groups is 1. The SMILES string of the molecule is CCN(CC)CC1CCN(C(=NC)NCCS(=O)c2ccccc2)C1.I. The van der Waals surface area contributed by atoms with Crippen molar-refractivity contribution in [2.45, 2.75) is 25.2 Å². The molecule has 1 aliphatic heterocycles. The van der Waals surface area contributed by atoms with Gasteiger partial charge < -0.3 is 15.1 Å². The lowest BCUT2D eigenvalue weighted by Gasteiger charge is -2.24. The van der Waals surface area contributed by atoms with Crippen molar-refractivity contribution >= 4 is 40.7 Å². The highest BCUT2D eigenvalue weighted by Gasteiger charge is 2.25. The van der Waals surface area contributed by atoms with Gasteiger partial charge in [0.25, 0.3) is 0 Å². The Morgan fingerprint density at radius 2 is 2.00 bits per heavy atom. The van der Waals surface area contributed by atoms with Crippen LogP contribution in [0, 0.1) is 5.92 Å². The lowest BCUT2D eigenvalue weighted by molar-refractivity contribution is 0.255. The van der Waals surface area contributed by atoms with Gasteiger partial charge in [-0.1, -0.05) is 32.0 Å². The molecule has 0 aromatic heterocycles. The van der Waals surface area contributed by atoms with Crippen molar-refractivity contribution < 1.29 is 4.21 Å². The van der Waals surface area contributed by atoms with Gasteiger partial charge >= 0.3 is 0 Å². The minimum absolute atomic E-state index is 0. The second kappa shape index (κ2) is 12.7. The van der Waals surface area contributed by atoms with Gasteiger partial charge in [-0.15, -0.1) is 24.0 Å². The van der Waals surface area contributed by atoms with Crippen LogP contribution in [-0.4, -0.2) is 72.0 Å². The first kappa shape index (κ1) is 23.4. The molecular weight excluding hydrogens is 459 g/mol. The fourth-order valence-corrected chi connectivity index (χ4v) is 4.28. The third-order valence-corrected chi connectivity index (χ3v) is 6.16. The van der Waals surface area contributed by atoms with Gasteiger partial charge in [0.15, 0.2) is 5.96 Å². The van der Waals surface area contributed by atoms with E-state index in [4.69, 9.17) is 0 Å². The van der Waals surface area contributed by atoms with E-state index < -0.39 is 10.8 Å². The smallest absolute Gasteiger partial charge is 0.193 e. The molecule has 0 aliphatic carbocycles. The van der Waals surface area contributed by atoms with Crippen LogP contribution >= 0.6 is 24.0 Å². The molecule has 2 unspecified atom stereocenters. The molecule has 0 amide bonds. The molecule has 0 spiro atoms. The Kier molecular flexibility index (Phi) is 11.4. The van der Waals surface area contributed by atoms with Crippen LogP contribution in [0.15, 0.2) is 40.2 Å². The predicted octanol–water partition coefficient (Wildman–Crippen LogP) is 2.65. The lowest BCUT2D eigenvalue weighted by atomic mass is 10.1. The minimum atomic E-state index is -0.963. The normalized spacial score (nSPS) is 18.7. The van der Waals surface area contributed by atoms with E-state index in [1.165, 1.54) is 13.0 Å². The van der Waals surface area contributed by atoms with Crippen molar-refractivity contribution in [3.63, 3.8) is 0 Å². The molecule has 1 heterocycles. The molecule has 1 N–H and O–H groups in total. The van der Waals surface area contributed by atoms with Gasteiger partial charge in [-0.05, 0) is 37.6 Å². The minimum Gasteiger partial charge on any atom is -0.355 e. The summed E-state index contributed by atoms with van der Waals surface area (Å²) in [6.07, 6.45) is 1.22. The van der Waals surface area contributed by atoms with E-state index in [0.717, 1.165) is 37.0 Å². The van der Waals surface area contributed by atoms with E-state index in [9.17, 15) is 4.21 Å². The van der Waals surface area contributed by atoms with Crippen LogP contribution in [0.3, 0.4) is 0 Å². The van der Waals surface area contributed by atoms with E-state index >= 15 is 0 Å². The Balaban J connectivity index is 0.00000338. The largest absolute Gasteiger partial charge is 0.355 e. The second-order valence-corrected chi connectivity index (χ2v) is 7.99. The van der Waals surface area contributed by atoms with Gasteiger partial charge in [-0.3, -0.25) is 9.20 Å². The molecule has 0 radical (unpaired) electrons. The summed E-state index contributed by atoms with van der Waals surface area (Å²) in [7, 11) is 0.864. The van der Waals surface area contributed by atoms with E-state index in [-0.39, 0.29) is 24.0 Å². The molecule has 2 atom stereocenters. The molecule has 1 fully saturated rings. The molecule has 1 aliphatic rings. The van der Waals surface area contributed by atoms with Gasteiger partial charge in [0.2, 0.25) is 0 Å². The van der Waals surface area contributed by atoms with Gasteiger partial charge in [0, 0.05) is 43.9 Å². The zero-order valence-corrected chi connectivity index (χ0v) is 19.3. The maximum Gasteiger partial charge on any atom is 0.193 e. The number of hydrogen-bond acceptors (Lipinski definition) is 3. The fourth-order valence-electron chi connectivity index (χ4n) is 3.30. The third kappa shape index (κ3) is 7.15. The molecule has 2 rings (SSSR count). The number of benzene rings is 1. The molecule has 26 heavy (non-hydrogen) atoms. The van der Waals surface area contributed by atoms with E-state index in [1.54, 1.807) is 0 Å². The lowest BCUT2D eigenvalue weighted by Crippen LogP contribution is -2.42. The fraction of sp³-hybridized carbons (Fsp3) is 0.632. The summed E-state index contributed by atoms with van der Waals surface area (Å²) in [4.78, 5) is 10.1. The van der Waals surface area contributed by atoms with Crippen molar-refractivity contribution in [3.8, 4) is 0 Å². The molecular formula is C19H33IN4OS. The van der Waals surface area contributed by atoms with Gasteiger partial charge in [-0.2, -0.15) is 0 Å². The molecule has 0 saturated carbocycles. The van der Waals surface area contributed by atoms with Crippen molar-refractivity contribution in [3.05, 3.63) is 30.3 Å². The maximum atomic E-state index is 12.3. The summed E-state index contributed by atoms with van der Waals surface area (Å²) in [5.74, 6) is 2.24. The summed E-state index contributed by atoms with van der Waals surface area (Å²) in [6, 6.07) is 9.65. The number of rotatable bonds is 8. The molecule has 1 aromatic rings. The Hall–Kier alpha value is -0.670. The highest BCUT2D eigenvalue weighted by molar-refractivity contribution is 14.0. The van der Waals surface area contributed by atoms with Crippen LogP contribution in [0.4, 0.5) is 0 Å². The average Bonchev–Trinajstić information content (AvgIpc) is 3.12. The zero-order valence-electron chi connectivity index (χ0n) is 16.2. The number of halogens is 1. The van der Waals surface area contributed by atoms with E-state index in [2.05, 4.69) is 34.0 Å². The predicted molar refractivity (Wildman–Crippen MR) is 122 cm³/mol. The van der Waals surface area contributed by atoms with Crippen molar-refractivity contribution in [1.82, 2.24) is 15.1 Å². The van der Waals surface area contributed by atoms with E-state index in [1.807, 2.05) is 37.4 Å². The van der Waals surface area contributed by atoms with Gasteiger partial charge in [-0.25, -0.2) is 0 Å². The summed E-state index contributed by atoms with van der Waals surface area (Å²) in [5, 5.41) is 3.38. The Labute approximate surface area is 178 Å². The van der Waals surface area contributed by atoms with Crippen LogP contribution < -0.4 is 5.32 Å². The second-order valence-electron chi connectivity index (χ2n) is 6.42. The first-order valence-corrected chi connectivity index (χ1v) is 10.6. The quantitative estimate of drug-likeness (QED) is 0.345. The molecule has 1 saturated heterocycles. The summed E-state index contributed by atoms with van der Waals surface area (Å²) in [5.41, 5.74) is 0. The van der Waals surface area contributed by atoms with Crippen molar-refractivity contribution in [1.29, 1.82) is 0 Å². The van der Waals surface area contributed by atoms with E-state index in [0.29, 0.717) is 18.2 Å². The first-order chi connectivity index (χ1) is 12.2. The average molecular weight is 492 g/mol. The molecule has 148 valence electrons. The molecule has 5 nitrogen and oxygen atoms in total. The van der Waals surface area contributed by atoms with Crippen LogP contribution in [0.25, 0.3) is 0 Å². The summed E-state index contributed by atoms with van der Waals surface area (Å²) < 4.78 is 12.3. The highest BCUT2D eigenvalue weighted by Crippen LogP contribution is 2.17. The standard InChI is InChI=1S/C19H32N4OS.HI/c1-4-22(5-2)15-17-11-13-23(16-17)19(20-3)21-12-14-25(24)18-9-7-6-8-10-18;/h6-10,17H,4-5,11-16H2,1-3H3,(H,20,21);1H. The van der Waals surface area contributed by atoms with Crippen LogP contribution in [-0.2, 0) is 10.8 Å². The van der Waals surface area contributed by atoms with Crippen LogP contribution in [0.5, 0.6) is 0 Å². The van der Waals surface area contributed by atoms with Crippen LogP contribution in [0.1, 0.15) is 20.3 Å². The van der Waals surface area contributed by atoms with Crippen LogP contribution in [0.2, 0.25) is 0 Å². The number of hydrogen-bond donors (Lipinski definition) is 1. The molecule has 1 aromatic carbocycles. The molecule has 0 bridgehead atoms. The van der Waals surface area contributed by atoms with Crippen molar-refractivity contribution in [2.24, 2.45) is 10.9 Å². The summed E-state index contributed by atoms with van der Waals surface area (Å²) >= 11 is 0. The number of likely N-dealkylation sites (tertiary alicyclic amines) is 1. The topological polar surface area (TPSA) is 47.9 Å². The number of aliphatic imine (C=N–C) groups is 1. The maximum absolute atomic E-state index is 12.3. The Morgan fingerprint density at radius 1 is 1.31 bits per heavy atom. The number of nitrogens with zero attached hydrogens (tertiary/aromatic N) is 3. The third-order valence-electron chi connectivity index (χ3n) is 4.78. The molecule has 7 heteroatoms. The Bertz CT molecular complexity index is 566. The Morgan fingerprint density at radius 3 is 2.62 bits per heavy atom.